The molecule has 1 aliphatic rings. The van der Waals surface area contributed by atoms with E-state index in [0.29, 0.717) is 18.7 Å². The number of carbonyl (C=O) groups is 1. The van der Waals surface area contributed by atoms with Crippen LogP contribution in [0.25, 0.3) is 0 Å². The average molecular weight is 314 g/mol. The lowest BCUT2D eigenvalue weighted by molar-refractivity contribution is -0.132. The van der Waals surface area contributed by atoms with Crippen LogP contribution in [0.3, 0.4) is 0 Å². The molecule has 3 heterocycles. The molecule has 1 aliphatic heterocycles. The van der Waals surface area contributed by atoms with Gasteiger partial charge < -0.3 is 9.42 Å². The molecule has 3 rings (SSSR count). The van der Waals surface area contributed by atoms with Gasteiger partial charge in [0, 0.05) is 38.2 Å². The van der Waals surface area contributed by atoms with Gasteiger partial charge in [-0.25, -0.2) is 0 Å². The minimum Gasteiger partial charge on any atom is -0.339 e. The summed E-state index contributed by atoms with van der Waals surface area (Å²) in [6.45, 7) is 2.89. The van der Waals surface area contributed by atoms with E-state index in [1.165, 1.54) is 0 Å². The van der Waals surface area contributed by atoms with E-state index >= 15 is 0 Å². The number of aryl methyl sites for hydroxylation is 2. The number of pyridine rings is 1. The molecule has 0 aliphatic carbocycles. The van der Waals surface area contributed by atoms with Crippen molar-refractivity contribution in [1.82, 2.24) is 20.0 Å². The quantitative estimate of drug-likeness (QED) is 0.819. The maximum atomic E-state index is 12.6. The van der Waals surface area contributed by atoms with Crippen LogP contribution in [0.1, 0.15) is 55.9 Å². The summed E-state index contributed by atoms with van der Waals surface area (Å²) in [5, 5.41) is 3.93. The van der Waals surface area contributed by atoms with Crippen molar-refractivity contribution in [2.24, 2.45) is 0 Å². The molecule has 23 heavy (non-hydrogen) atoms. The van der Waals surface area contributed by atoms with Gasteiger partial charge in [-0.2, -0.15) is 4.98 Å². The highest BCUT2D eigenvalue weighted by Gasteiger charge is 2.29. The summed E-state index contributed by atoms with van der Waals surface area (Å²) in [4.78, 5) is 22.9. The molecule has 0 saturated carbocycles. The van der Waals surface area contributed by atoms with E-state index < -0.39 is 0 Å². The summed E-state index contributed by atoms with van der Waals surface area (Å²) in [7, 11) is 0. The number of carbonyl (C=O) groups excluding carboxylic acids is 1. The number of hydrogen-bond donors (Lipinski definition) is 0. The first kappa shape index (κ1) is 15.6. The fraction of sp³-hybridized carbons (Fsp3) is 0.529. The number of amides is 1. The van der Waals surface area contributed by atoms with E-state index in [9.17, 15) is 4.79 Å². The SMILES string of the molecule is CCCc1noc(CCC(=O)N2CCC[C@@H]2c2ccncc2)n1. The molecule has 6 heteroatoms. The Morgan fingerprint density at radius 2 is 2.17 bits per heavy atom. The second-order valence-corrected chi connectivity index (χ2v) is 5.88. The Bertz CT molecular complexity index is 641. The summed E-state index contributed by atoms with van der Waals surface area (Å²) in [6.07, 6.45) is 8.34. The topological polar surface area (TPSA) is 72.1 Å². The van der Waals surface area contributed by atoms with Gasteiger partial charge in [0.15, 0.2) is 5.82 Å². The van der Waals surface area contributed by atoms with Gasteiger partial charge in [0.25, 0.3) is 0 Å². The van der Waals surface area contributed by atoms with Gasteiger partial charge in [0.05, 0.1) is 6.04 Å². The fourth-order valence-electron chi connectivity index (χ4n) is 3.07. The molecule has 0 radical (unpaired) electrons. The third kappa shape index (κ3) is 3.75. The number of likely N-dealkylation sites (tertiary alicyclic amines) is 1. The molecular formula is C17H22N4O2. The van der Waals surface area contributed by atoms with E-state index in [1.54, 1.807) is 12.4 Å². The van der Waals surface area contributed by atoms with E-state index in [2.05, 4.69) is 22.0 Å². The summed E-state index contributed by atoms with van der Waals surface area (Å²) in [6, 6.07) is 4.15. The van der Waals surface area contributed by atoms with Gasteiger partial charge in [-0.15, -0.1) is 0 Å². The van der Waals surface area contributed by atoms with Gasteiger partial charge in [-0.3, -0.25) is 9.78 Å². The minimum absolute atomic E-state index is 0.152. The predicted octanol–water partition coefficient (Wildman–Crippen LogP) is 2.71. The maximum Gasteiger partial charge on any atom is 0.227 e. The molecule has 1 fully saturated rings. The number of rotatable bonds is 6. The monoisotopic (exact) mass is 314 g/mol. The van der Waals surface area contributed by atoms with Crippen molar-refractivity contribution in [3.8, 4) is 0 Å². The smallest absolute Gasteiger partial charge is 0.227 e. The third-order valence-corrected chi connectivity index (χ3v) is 4.20. The van der Waals surface area contributed by atoms with Gasteiger partial charge in [0.2, 0.25) is 11.8 Å². The Morgan fingerprint density at radius 3 is 2.96 bits per heavy atom. The molecule has 2 aromatic heterocycles. The van der Waals surface area contributed by atoms with E-state index in [0.717, 1.165) is 43.6 Å². The van der Waals surface area contributed by atoms with Crippen LogP contribution in [0, 0.1) is 0 Å². The van der Waals surface area contributed by atoms with Crippen molar-refractivity contribution in [3.63, 3.8) is 0 Å². The molecule has 6 nitrogen and oxygen atoms in total. The predicted molar refractivity (Wildman–Crippen MR) is 84.5 cm³/mol. The Kier molecular flexibility index (Phi) is 5.00. The van der Waals surface area contributed by atoms with Crippen LogP contribution >= 0.6 is 0 Å². The highest BCUT2D eigenvalue weighted by Crippen LogP contribution is 2.32. The summed E-state index contributed by atoms with van der Waals surface area (Å²) < 4.78 is 5.20. The molecular weight excluding hydrogens is 292 g/mol. The summed E-state index contributed by atoms with van der Waals surface area (Å²) in [5.74, 6) is 1.44. The highest BCUT2D eigenvalue weighted by atomic mass is 16.5. The molecule has 1 atom stereocenters. The zero-order chi connectivity index (χ0) is 16.1. The lowest BCUT2D eigenvalue weighted by Crippen LogP contribution is -2.30. The molecule has 0 N–H and O–H groups in total. The second-order valence-electron chi connectivity index (χ2n) is 5.88. The Labute approximate surface area is 135 Å². The normalized spacial score (nSPS) is 17.6. The lowest BCUT2D eigenvalue weighted by atomic mass is 10.1. The molecule has 2 aromatic rings. The molecule has 0 bridgehead atoms. The van der Waals surface area contributed by atoms with Crippen LogP contribution in [0.15, 0.2) is 29.0 Å². The van der Waals surface area contributed by atoms with E-state index in [4.69, 9.17) is 4.52 Å². The van der Waals surface area contributed by atoms with Crippen molar-refractivity contribution >= 4 is 5.91 Å². The van der Waals surface area contributed by atoms with Crippen LogP contribution in [-0.2, 0) is 17.6 Å². The Hall–Kier alpha value is -2.24. The van der Waals surface area contributed by atoms with E-state index in [1.807, 2.05) is 17.0 Å². The summed E-state index contributed by atoms with van der Waals surface area (Å²) in [5.41, 5.74) is 1.16. The first-order chi connectivity index (χ1) is 11.3. The minimum atomic E-state index is 0.152. The number of hydrogen-bond acceptors (Lipinski definition) is 5. The standard InChI is InChI=1S/C17H22N4O2/c1-2-4-15-19-16(23-20-15)6-7-17(22)21-12-3-5-14(21)13-8-10-18-11-9-13/h8-11,14H,2-7,12H2,1H3/t14-/m1/s1. The zero-order valence-electron chi connectivity index (χ0n) is 13.4. The average Bonchev–Trinajstić information content (AvgIpc) is 3.23. The summed E-state index contributed by atoms with van der Waals surface area (Å²) >= 11 is 0. The van der Waals surface area contributed by atoms with Crippen LogP contribution in [0.4, 0.5) is 0 Å². The van der Waals surface area contributed by atoms with Crippen molar-refractivity contribution in [2.75, 3.05) is 6.54 Å². The van der Waals surface area contributed by atoms with Crippen LogP contribution in [0.5, 0.6) is 0 Å². The molecule has 122 valence electrons. The van der Waals surface area contributed by atoms with Gasteiger partial charge in [-0.05, 0) is 37.0 Å². The Balaban J connectivity index is 1.58. The van der Waals surface area contributed by atoms with Crippen molar-refractivity contribution < 1.29 is 9.32 Å². The van der Waals surface area contributed by atoms with Crippen molar-refractivity contribution in [1.29, 1.82) is 0 Å². The number of aromatic nitrogens is 3. The lowest BCUT2D eigenvalue weighted by Gasteiger charge is -2.24. The second kappa shape index (κ2) is 7.35. The fourth-order valence-corrected chi connectivity index (χ4v) is 3.07. The van der Waals surface area contributed by atoms with Crippen LogP contribution in [-0.4, -0.2) is 32.5 Å². The van der Waals surface area contributed by atoms with Gasteiger partial charge in [-0.1, -0.05) is 12.1 Å². The molecule has 1 saturated heterocycles. The van der Waals surface area contributed by atoms with E-state index in [-0.39, 0.29) is 11.9 Å². The van der Waals surface area contributed by atoms with Gasteiger partial charge >= 0.3 is 0 Å². The highest BCUT2D eigenvalue weighted by molar-refractivity contribution is 5.77. The largest absolute Gasteiger partial charge is 0.339 e. The van der Waals surface area contributed by atoms with Crippen LogP contribution in [0.2, 0.25) is 0 Å². The maximum absolute atomic E-state index is 12.6. The molecule has 0 unspecified atom stereocenters. The molecule has 0 spiro atoms. The number of nitrogens with zero attached hydrogens (tertiary/aromatic N) is 4. The van der Waals surface area contributed by atoms with Crippen molar-refractivity contribution in [3.05, 3.63) is 41.8 Å². The first-order valence-electron chi connectivity index (χ1n) is 8.28. The van der Waals surface area contributed by atoms with Crippen LogP contribution < -0.4 is 0 Å². The molecule has 1 amide bonds. The van der Waals surface area contributed by atoms with Gasteiger partial charge in [0.1, 0.15) is 0 Å². The first-order valence-corrected chi connectivity index (χ1v) is 8.28. The zero-order valence-corrected chi connectivity index (χ0v) is 13.4. The third-order valence-electron chi connectivity index (χ3n) is 4.20. The van der Waals surface area contributed by atoms with Crippen molar-refractivity contribution in [2.45, 2.75) is 51.5 Å². The Morgan fingerprint density at radius 1 is 1.35 bits per heavy atom. The molecule has 0 aromatic carbocycles.